The number of likely N-dealkylation sites (tertiary alicyclic amines) is 1. The molecule has 1 fully saturated rings. The van der Waals surface area contributed by atoms with Crippen molar-refractivity contribution in [3.63, 3.8) is 0 Å². The fraction of sp³-hybridized carbons (Fsp3) is 1.00. The van der Waals surface area contributed by atoms with Crippen molar-refractivity contribution in [2.45, 2.75) is 24.8 Å². The summed E-state index contributed by atoms with van der Waals surface area (Å²) in [6.07, 6.45) is 1.29. The Bertz CT molecular complexity index is 111. The zero-order valence-corrected chi connectivity index (χ0v) is 8.51. The second-order valence-corrected chi connectivity index (χ2v) is 4.28. The van der Waals surface area contributed by atoms with Crippen molar-refractivity contribution in [1.82, 2.24) is 9.80 Å². The Labute approximate surface area is 75.0 Å². The Balaban J connectivity index is 2.35. The molecule has 11 heavy (non-hydrogen) atoms. The van der Waals surface area contributed by atoms with Gasteiger partial charge in [-0.05, 0) is 27.4 Å². The molecule has 0 aromatic carbocycles. The van der Waals surface area contributed by atoms with Crippen LogP contribution in [0.3, 0.4) is 0 Å². The summed E-state index contributed by atoms with van der Waals surface area (Å²) in [5.74, 6) is 0. The van der Waals surface area contributed by atoms with Gasteiger partial charge in [-0.1, -0.05) is 0 Å². The molecule has 0 amide bonds. The third-order valence-corrected chi connectivity index (χ3v) is 2.78. The maximum atomic E-state index is 4.41. The van der Waals surface area contributed by atoms with Gasteiger partial charge in [0.05, 0.1) is 0 Å². The van der Waals surface area contributed by atoms with Gasteiger partial charge in [-0.3, -0.25) is 4.90 Å². The molecule has 0 N–H and O–H groups in total. The first-order chi connectivity index (χ1) is 5.11. The maximum Gasteiger partial charge on any atom is 0.0499 e. The Hall–Kier alpha value is 0.270. The van der Waals surface area contributed by atoms with E-state index in [1.54, 1.807) is 0 Å². The largest absolute Gasteiger partial charge is 0.305 e. The monoisotopic (exact) mass is 174 g/mol. The molecule has 1 saturated heterocycles. The Morgan fingerprint density at radius 1 is 1.55 bits per heavy atom. The van der Waals surface area contributed by atoms with Crippen LogP contribution < -0.4 is 0 Å². The molecule has 1 aliphatic rings. The van der Waals surface area contributed by atoms with Crippen LogP contribution in [0.5, 0.6) is 0 Å². The lowest BCUT2D eigenvalue weighted by molar-refractivity contribution is 0.266. The zero-order chi connectivity index (χ0) is 8.43. The molecule has 1 rings (SSSR count). The molecule has 1 heterocycles. The quantitative estimate of drug-likeness (QED) is 0.621. The first-order valence-electron chi connectivity index (χ1n) is 4.20. The molecule has 0 aromatic rings. The van der Waals surface area contributed by atoms with E-state index in [0.717, 1.165) is 6.04 Å². The van der Waals surface area contributed by atoms with Gasteiger partial charge in [0.15, 0.2) is 0 Å². The topological polar surface area (TPSA) is 6.48 Å². The molecule has 0 aromatic heterocycles. The van der Waals surface area contributed by atoms with Crippen LogP contribution in [0, 0.1) is 0 Å². The van der Waals surface area contributed by atoms with Crippen molar-refractivity contribution in [3.05, 3.63) is 0 Å². The van der Waals surface area contributed by atoms with E-state index in [0.29, 0.717) is 5.37 Å². The van der Waals surface area contributed by atoms with Gasteiger partial charge in [0, 0.05) is 24.5 Å². The van der Waals surface area contributed by atoms with E-state index in [9.17, 15) is 0 Å². The van der Waals surface area contributed by atoms with E-state index in [1.807, 2.05) is 0 Å². The number of hydrogen-bond donors (Lipinski definition) is 1. The molecule has 2 nitrogen and oxygen atoms in total. The second kappa shape index (κ2) is 3.78. The predicted molar refractivity (Wildman–Crippen MR) is 52.1 cm³/mol. The first kappa shape index (κ1) is 9.36. The molecule has 66 valence electrons. The fourth-order valence-electron chi connectivity index (χ4n) is 1.53. The van der Waals surface area contributed by atoms with Crippen molar-refractivity contribution >= 4 is 12.6 Å². The van der Waals surface area contributed by atoms with E-state index in [2.05, 4.69) is 43.4 Å². The van der Waals surface area contributed by atoms with Gasteiger partial charge in [-0.25, -0.2) is 0 Å². The normalized spacial score (nSPS) is 29.7. The maximum absolute atomic E-state index is 4.41. The molecule has 0 spiro atoms. The smallest absolute Gasteiger partial charge is 0.0499 e. The summed E-state index contributed by atoms with van der Waals surface area (Å²) in [6, 6.07) is 0.740. The predicted octanol–water partition coefficient (Wildman–Crippen LogP) is 0.898. The standard InChI is InChI=1S/C8H18N2S/c1-7(11)10-5-4-8(6-10)9(2)3/h7-8,11H,4-6H2,1-3H3/t7?,8-/m1/s1. The van der Waals surface area contributed by atoms with E-state index < -0.39 is 0 Å². The average molecular weight is 174 g/mol. The van der Waals surface area contributed by atoms with Crippen molar-refractivity contribution in [2.24, 2.45) is 0 Å². The number of nitrogens with zero attached hydrogens (tertiary/aromatic N) is 2. The highest BCUT2D eigenvalue weighted by molar-refractivity contribution is 7.80. The lowest BCUT2D eigenvalue weighted by atomic mass is 10.2. The van der Waals surface area contributed by atoms with E-state index in [4.69, 9.17) is 0 Å². The Morgan fingerprint density at radius 2 is 2.18 bits per heavy atom. The highest BCUT2D eigenvalue weighted by Gasteiger charge is 2.25. The van der Waals surface area contributed by atoms with Crippen molar-refractivity contribution in [3.8, 4) is 0 Å². The van der Waals surface area contributed by atoms with Crippen LogP contribution in [-0.2, 0) is 0 Å². The molecule has 0 bridgehead atoms. The third-order valence-electron chi connectivity index (χ3n) is 2.45. The van der Waals surface area contributed by atoms with Crippen LogP contribution in [0.25, 0.3) is 0 Å². The molecule has 2 atom stereocenters. The molecule has 0 radical (unpaired) electrons. The summed E-state index contributed by atoms with van der Waals surface area (Å²) < 4.78 is 0. The van der Waals surface area contributed by atoms with Gasteiger partial charge in [-0.15, -0.1) is 0 Å². The number of likely N-dealkylation sites (N-methyl/N-ethyl adjacent to an activating group) is 1. The fourth-order valence-corrected chi connectivity index (χ4v) is 1.74. The van der Waals surface area contributed by atoms with Gasteiger partial charge < -0.3 is 4.90 Å². The lowest BCUT2D eigenvalue weighted by Crippen LogP contribution is -2.33. The number of thiol groups is 1. The zero-order valence-electron chi connectivity index (χ0n) is 7.62. The van der Waals surface area contributed by atoms with Gasteiger partial charge in [-0.2, -0.15) is 12.6 Å². The number of rotatable bonds is 2. The summed E-state index contributed by atoms with van der Waals surface area (Å²) in [5.41, 5.74) is 0. The van der Waals surface area contributed by atoms with E-state index in [-0.39, 0.29) is 0 Å². The summed E-state index contributed by atoms with van der Waals surface area (Å²) in [5, 5.41) is 0.417. The highest BCUT2D eigenvalue weighted by atomic mass is 32.1. The molecule has 1 aliphatic heterocycles. The lowest BCUT2D eigenvalue weighted by Gasteiger charge is -2.22. The van der Waals surface area contributed by atoms with Gasteiger partial charge in [0.2, 0.25) is 0 Å². The summed E-state index contributed by atoms with van der Waals surface area (Å²) in [7, 11) is 4.30. The van der Waals surface area contributed by atoms with Gasteiger partial charge >= 0.3 is 0 Å². The van der Waals surface area contributed by atoms with Gasteiger partial charge in [0.25, 0.3) is 0 Å². The average Bonchev–Trinajstić information content (AvgIpc) is 2.33. The summed E-state index contributed by atoms with van der Waals surface area (Å²) >= 11 is 4.41. The summed E-state index contributed by atoms with van der Waals surface area (Å²) in [4.78, 5) is 4.71. The molecule has 1 unspecified atom stereocenters. The van der Waals surface area contributed by atoms with Crippen molar-refractivity contribution < 1.29 is 0 Å². The minimum absolute atomic E-state index is 0.417. The molecule has 0 aliphatic carbocycles. The molecule has 3 heteroatoms. The Kier molecular flexibility index (Phi) is 3.22. The molecule has 0 saturated carbocycles. The van der Waals surface area contributed by atoms with Crippen LogP contribution in [0.15, 0.2) is 0 Å². The van der Waals surface area contributed by atoms with Crippen molar-refractivity contribution in [2.75, 3.05) is 27.2 Å². The Morgan fingerprint density at radius 3 is 2.45 bits per heavy atom. The van der Waals surface area contributed by atoms with Crippen LogP contribution in [0.1, 0.15) is 13.3 Å². The minimum Gasteiger partial charge on any atom is -0.305 e. The highest BCUT2D eigenvalue weighted by Crippen LogP contribution is 2.16. The van der Waals surface area contributed by atoms with Crippen LogP contribution in [-0.4, -0.2) is 48.4 Å². The summed E-state index contributed by atoms with van der Waals surface area (Å²) in [6.45, 7) is 4.52. The van der Waals surface area contributed by atoms with Crippen LogP contribution >= 0.6 is 12.6 Å². The molecular formula is C8H18N2S. The van der Waals surface area contributed by atoms with Gasteiger partial charge in [0.1, 0.15) is 0 Å². The van der Waals surface area contributed by atoms with E-state index in [1.165, 1.54) is 19.5 Å². The SMILES string of the molecule is CC(S)N1CC[C@@H](N(C)C)C1. The number of hydrogen-bond acceptors (Lipinski definition) is 3. The third kappa shape index (κ3) is 2.36. The minimum atomic E-state index is 0.417. The molecular weight excluding hydrogens is 156 g/mol. The van der Waals surface area contributed by atoms with Crippen molar-refractivity contribution in [1.29, 1.82) is 0 Å². The van der Waals surface area contributed by atoms with Crippen LogP contribution in [0.4, 0.5) is 0 Å². The van der Waals surface area contributed by atoms with Crippen LogP contribution in [0.2, 0.25) is 0 Å². The van der Waals surface area contributed by atoms with E-state index >= 15 is 0 Å². The second-order valence-electron chi connectivity index (χ2n) is 3.53. The first-order valence-corrected chi connectivity index (χ1v) is 4.71.